The average Bonchev–Trinajstić information content (AvgIpc) is 3.53. The summed E-state index contributed by atoms with van der Waals surface area (Å²) >= 11 is 0. The molecule has 0 bridgehead atoms. The Morgan fingerprint density at radius 1 is 1.09 bits per heavy atom. The number of anilines is 1. The number of piperazine rings is 1. The first kappa shape index (κ1) is 21.8. The maximum absolute atomic E-state index is 13.1. The van der Waals surface area contributed by atoms with Gasteiger partial charge >= 0.3 is 0 Å². The molecule has 0 spiro atoms. The quantitative estimate of drug-likeness (QED) is 0.553. The van der Waals surface area contributed by atoms with Crippen molar-refractivity contribution < 1.29 is 14.5 Å². The molecule has 168 valence electrons. The molecule has 1 aliphatic carbocycles. The van der Waals surface area contributed by atoms with E-state index < -0.39 is 4.92 Å². The van der Waals surface area contributed by atoms with E-state index in [1.54, 1.807) is 17.0 Å². The van der Waals surface area contributed by atoms with Gasteiger partial charge in [0.25, 0.3) is 11.6 Å². The Kier molecular flexibility index (Phi) is 6.12. The Labute approximate surface area is 187 Å². The molecule has 0 aromatic heterocycles. The SMILES string of the molecule is CC(=O)N1CCN(c2ccc(C(=O)NC(c3ccccc3)C3CC3C)cc2[N+](=O)[O-])CC1. The van der Waals surface area contributed by atoms with Gasteiger partial charge in [-0.15, -0.1) is 0 Å². The first-order chi connectivity index (χ1) is 15.3. The minimum absolute atomic E-state index is 0.00381. The third-order valence-electron chi connectivity index (χ3n) is 6.55. The van der Waals surface area contributed by atoms with Crippen LogP contribution in [0, 0.1) is 22.0 Å². The summed E-state index contributed by atoms with van der Waals surface area (Å²) in [5.41, 5.74) is 1.71. The number of hydrogen-bond donors (Lipinski definition) is 1. The molecule has 2 fully saturated rings. The molecule has 4 rings (SSSR count). The molecule has 1 heterocycles. The Balaban J connectivity index is 1.53. The lowest BCUT2D eigenvalue weighted by Crippen LogP contribution is -2.48. The van der Waals surface area contributed by atoms with Crippen LogP contribution in [0.3, 0.4) is 0 Å². The van der Waals surface area contributed by atoms with E-state index in [-0.39, 0.29) is 29.1 Å². The topological polar surface area (TPSA) is 95.8 Å². The van der Waals surface area contributed by atoms with Crippen LogP contribution in [-0.4, -0.2) is 47.8 Å². The third-order valence-corrected chi connectivity index (χ3v) is 6.55. The highest BCUT2D eigenvalue weighted by Gasteiger charge is 2.41. The normalized spacial score (nSPS) is 21.1. The maximum atomic E-state index is 13.1. The van der Waals surface area contributed by atoms with Crippen molar-refractivity contribution in [3.05, 3.63) is 69.8 Å². The Hall–Kier alpha value is -3.42. The predicted octanol–water partition coefficient (Wildman–Crippen LogP) is 3.39. The highest BCUT2D eigenvalue weighted by molar-refractivity contribution is 5.96. The van der Waals surface area contributed by atoms with Crippen molar-refractivity contribution in [3.63, 3.8) is 0 Å². The van der Waals surface area contributed by atoms with Gasteiger partial charge in [0.1, 0.15) is 5.69 Å². The fraction of sp³-hybridized carbons (Fsp3) is 0.417. The first-order valence-electron chi connectivity index (χ1n) is 11.0. The van der Waals surface area contributed by atoms with Crippen LogP contribution >= 0.6 is 0 Å². The summed E-state index contributed by atoms with van der Waals surface area (Å²) in [7, 11) is 0. The van der Waals surface area contributed by atoms with Gasteiger partial charge in [0, 0.05) is 44.7 Å². The highest BCUT2D eigenvalue weighted by atomic mass is 16.6. The maximum Gasteiger partial charge on any atom is 0.293 e. The van der Waals surface area contributed by atoms with Crippen LogP contribution in [0.1, 0.15) is 42.2 Å². The largest absolute Gasteiger partial charge is 0.362 e. The summed E-state index contributed by atoms with van der Waals surface area (Å²) in [6.07, 6.45) is 1.05. The van der Waals surface area contributed by atoms with Crippen LogP contribution in [0.25, 0.3) is 0 Å². The summed E-state index contributed by atoms with van der Waals surface area (Å²) in [6, 6.07) is 14.4. The zero-order valence-electron chi connectivity index (χ0n) is 18.4. The van der Waals surface area contributed by atoms with Crippen molar-refractivity contribution in [2.75, 3.05) is 31.1 Å². The number of nitrogens with one attached hydrogen (secondary N) is 1. The number of amides is 2. The number of hydrogen-bond acceptors (Lipinski definition) is 5. The smallest absolute Gasteiger partial charge is 0.293 e. The molecule has 1 saturated carbocycles. The van der Waals surface area contributed by atoms with Crippen LogP contribution < -0.4 is 10.2 Å². The second kappa shape index (κ2) is 8.98. The average molecular weight is 437 g/mol. The van der Waals surface area contributed by atoms with Crippen LogP contribution in [0.4, 0.5) is 11.4 Å². The molecule has 0 radical (unpaired) electrons. The number of nitro benzene ring substituents is 1. The molecular formula is C24H28N4O4. The predicted molar refractivity (Wildman–Crippen MR) is 121 cm³/mol. The molecule has 1 saturated heterocycles. The van der Waals surface area contributed by atoms with E-state index in [9.17, 15) is 19.7 Å². The van der Waals surface area contributed by atoms with Gasteiger partial charge in [-0.25, -0.2) is 0 Å². The molecule has 2 aliphatic rings. The molecule has 2 aromatic rings. The van der Waals surface area contributed by atoms with Gasteiger partial charge in [0.15, 0.2) is 0 Å². The molecule has 3 atom stereocenters. The van der Waals surface area contributed by atoms with Crippen LogP contribution in [0.5, 0.6) is 0 Å². The Bertz CT molecular complexity index is 1020. The second-order valence-corrected chi connectivity index (χ2v) is 8.69. The molecule has 2 aromatic carbocycles. The second-order valence-electron chi connectivity index (χ2n) is 8.69. The fourth-order valence-corrected chi connectivity index (χ4v) is 4.48. The Morgan fingerprint density at radius 2 is 1.75 bits per heavy atom. The van der Waals surface area contributed by atoms with Crippen molar-refractivity contribution in [2.24, 2.45) is 11.8 Å². The van der Waals surface area contributed by atoms with Crippen molar-refractivity contribution in [1.29, 1.82) is 0 Å². The van der Waals surface area contributed by atoms with E-state index in [2.05, 4.69) is 12.2 Å². The van der Waals surface area contributed by atoms with E-state index in [4.69, 9.17) is 0 Å². The minimum atomic E-state index is -0.443. The van der Waals surface area contributed by atoms with E-state index in [1.165, 1.54) is 13.0 Å². The van der Waals surface area contributed by atoms with Gasteiger partial charge in [-0.1, -0.05) is 37.3 Å². The van der Waals surface area contributed by atoms with E-state index in [0.29, 0.717) is 43.7 Å². The molecule has 3 unspecified atom stereocenters. The van der Waals surface area contributed by atoms with Gasteiger partial charge in [-0.3, -0.25) is 19.7 Å². The number of carbonyl (C=O) groups is 2. The summed E-state index contributed by atoms with van der Waals surface area (Å²) in [4.78, 5) is 39.6. The molecule has 1 N–H and O–H groups in total. The lowest BCUT2D eigenvalue weighted by atomic mass is 10.0. The number of rotatable bonds is 6. The van der Waals surface area contributed by atoms with Crippen molar-refractivity contribution in [2.45, 2.75) is 26.3 Å². The molecule has 32 heavy (non-hydrogen) atoms. The summed E-state index contributed by atoms with van der Waals surface area (Å²) in [5.74, 6) is 0.595. The van der Waals surface area contributed by atoms with Crippen molar-refractivity contribution >= 4 is 23.2 Å². The van der Waals surface area contributed by atoms with Crippen molar-refractivity contribution in [3.8, 4) is 0 Å². The van der Waals surface area contributed by atoms with Crippen LogP contribution in [0.15, 0.2) is 48.5 Å². The van der Waals surface area contributed by atoms with Gasteiger partial charge < -0.3 is 15.1 Å². The van der Waals surface area contributed by atoms with E-state index in [0.717, 1.165) is 12.0 Å². The zero-order chi connectivity index (χ0) is 22.8. The highest BCUT2D eigenvalue weighted by Crippen LogP contribution is 2.47. The van der Waals surface area contributed by atoms with Crippen molar-refractivity contribution in [1.82, 2.24) is 10.2 Å². The van der Waals surface area contributed by atoms with Crippen LogP contribution in [0.2, 0.25) is 0 Å². The minimum Gasteiger partial charge on any atom is -0.362 e. The van der Waals surface area contributed by atoms with E-state index in [1.807, 2.05) is 35.2 Å². The van der Waals surface area contributed by atoms with E-state index >= 15 is 0 Å². The fourth-order valence-electron chi connectivity index (χ4n) is 4.48. The van der Waals surface area contributed by atoms with Gasteiger partial charge in [-0.05, 0) is 36.0 Å². The molecule has 8 nitrogen and oxygen atoms in total. The summed E-state index contributed by atoms with van der Waals surface area (Å²) in [5, 5.41) is 14.9. The van der Waals surface area contributed by atoms with Gasteiger partial charge in [0.2, 0.25) is 5.91 Å². The monoisotopic (exact) mass is 436 g/mol. The zero-order valence-corrected chi connectivity index (χ0v) is 18.4. The number of carbonyl (C=O) groups excluding carboxylic acids is 2. The molecule has 1 aliphatic heterocycles. The number of nitrogens with zero attached hydrogens (tertiary/aromatic N) is 3. The van der Waals surface area contributed by atoms with Crippen LogP contribution in [-0.2, 0) is 4.79 Å². The van der Waals surface area contributed by atoms with Gasteiger partial charge in [0.05, 0.1) is 11.0 Å². The summed E-state index contributed by atoms with van der Waals surface area (Å²) < 4.78 is 0. The molecule has 8 heteroatoms. The summed E-state index contributed by atoms with van der Waals surface area (Å²) in [6.45, 7) is 5.76. The number of nitro groups is 1. The third kappa shape index (κ3) is 4.59. The lowest BCUT2D eigenvalue weighted by molar-refractivity contribution is -0.384. The Morgan fingerprint density at radius 3 is 2.31 bits per heavy atom. The molecular weight excluding hydrogens is 408 g/mol. The molecule has 2 amide bonds. The standard InChI is InChI=1S/C24H28N4O4/c1-16-14-20(16)23(18-6-4-3-5-7-18)25-24(30)19-8-9-21(22(15-19)28(31)32)27-12-10-26(11-13-27)17(2)29/h3-9,15-16,20,23H,10-14H2,1-2H3,(H,25,30). The first-order valence-corrected chi connectivity index (χ1v) is 11.0. The van der Waals surface area contributed by atoms with Gasteiger partial charge in [-0.2, -0.15) is 0 Å². The number of benzene rings is 2. The lowest BCUT2D eigenvalue weighted by Gasteiger charge is -2.35.